The number of aliphatic hydroxyl groups excluding tert-OH is 1. The number of aromatic nitrogens is 3. The van der Waals surface area contributed by atoms with Crippen molar-refractivity contribution in [1.82, 2.24) is 15.2 Å². The fraction of sp³-hybridized carbons (Fsp3) is 0.381. The second kappa shape index (κ2) is 9.86. The van der Waals surface area contributed by atoms with Crippen LogP contribution in [-0.2, 0) is 0 Å². The molecule has 0 amide bonds. The number of rotatable bonds is 8. The number of ether oxygens (including phenoxy) is 1. The number of nitrogens with two attached hydrogens (primary N) is 1. The van der Waals surface area contributed by atoms with Gasteiger partial charge in [0.2, 0.25) is 0 Å². The summed E-state index contributed by atoms with van der Waals surface area (Å²) in [4.78, 5) is 4.46. The van der Waals surface area contributed by atoms with E-state index in [4.69, 9.17) is 22.1 Å². The second-order valence-electron chi connectivity index (χ2n) is 7.58. The minimum atomic E-state index is -0.772. The highest BCUT2D eigenvalue weighted by Crippen LogP contribution is 2.37. The van der Waals surface area contributed by atoms with Crippen LogP contribution in [0.25, 0.3) is 21.1 Å². The minimum absolute atomic E-state index is 0.0392. The molecule has 2 heterocycles. The summed E-state index contributed by atoms with van der Waals surface area (Å²) in [6, 6.07) is 4.25. The van der Waals surface area contributed by atoms with Crippen LogP contribution in [0.15, 0.2) is 24.4 Å². The first-order chi connectivity index (χ1) is 14.7. The first kappa shape index (κ1) is 23.3. The average molecular weight is 466 g/mol. The van der Waals surface area contributed by atoms with E-state index in [-0.39, 0.29) is 23.4 Å². The third-order valence-corrected chi connectivity index (χ3v) is 5.80. The SMILES string of the molecule is Cc1cc(-c2nnc(-c3cc(F)c(OC[C@@H](N)[C@H](C)O)cc3Cl)s2)cnc1NC(C)C. The summed E-state index contributed by atoms with van der Waals surface area (Å²) in [5, 5.41) is 22.5. The van der Waals surface area contributed by atoms with Crippen molar-refractivity contribution >= 4 is 28.8 Å². The number of halogens is 2. The van der Waals surface area contributed by atoms with E-state index in [2.05, 4.69) is 20.5 Å². The smallest absolute Gasteiger partial charge is 0.165 e. The van der Waals surface area contributed by atoms with Crippen LogP contribution in [0.4, 0.5) is 10.2 Å². The zero-order valence-corrected chi connectivity index (χ0v) is 19.3. The maximum Gasteiger partial charge on any atom is 0.165 e. The van der Waals surface area contributed by atoms with Crippen LogP contribution < -0.4 is 15.8 Å². The third kappa shape index (κ3) is 5.68. The molecular formula is C21H25ClFN5O2S. The quantitative estimate of drug-likeness (QED) is 0.456. The summed E-state index contributed by atoms with van der Waals surface area (Å²) >= 11 is 7.65. The van der Waals surface area contributed by atoms with E-state index in [1.54, 1.807) is 13.1 Å². The van der Waals surface area contributed by atoms with Crippen molar-refractivity contribution in [3.8, 4) is 26.9 Å². The monoisotopic (exact) mass is 465 g/mol. The molecule has 0 fully saturated rings. The molecule has 3 aromatic rings. The van der Waals surface area contributed by atoms with E-state index in [1.165, 1.54) is 23.5 Å². The van der Waals surface area contributed by atoms with E-state index in [0.717, 1.165) is 16.9 Å². The lowest BCUT2D eigenvalue weighted by Gasteiger charge is -2.16. The van der Waals surface area contributed by atoms with Crippen LogP contribution in [0.3, 0.4) is 0 Å². The van der Waals surface area contributed by atoms with Crippen molar-refractivity contribution in [3.63, 3.8) is 0 Å². The first-order valence-corrected chi connectivity index (χ1v) is 11.0. The normalized spacial score (nSPS) is 13.3. The lowest BCUT2D eigenvalue weighted by molar-refractivity contribution is 0.129. The number of nitrogens with one attached hydrogen (secondary N) is 1. The van der Waals surface area contributed by atoms with Crippen molar-refractivity contribution in [2.24, 2.45) is 5.73 Å². The number of hydrogen-bond acceptors (Lipinski definition) is 8. The van der Waals surface area contributed by atoms with Crippen molar-refractivity contribution in [2.75, 3.05) is 11.9 Å². The van der Waals surface area contributed by atoms with Crippen molar-refractivity contribution < 1.29 is 14.2 Å². The van der Waals surface area contributed by atoms with E-state index >= 15 is 0 Å². The number of pyridine rings is 1. The molecule has 3 rings (SSSR count). The van der Waals surface area contributed by atoms with Crippen LogP contribution in [0.5, 0.6) is 5.75 Å². The Kier molecular flexibility index (Phi) is 7.42. The van der Waals surface area contributed by atoms with Gasteiger partial charge in [-0.05, 0) is 45.4 Å². The predicted octanol–water partition coefficient (Wildman–Crippen LogP) is 4.28. The Morgan fingerprint density at radius 2 is 1.94 bits per heavy atom. The highest BCUT2D eigenvalue weighted by molar-refractivity contribution is 7.18. The lowest BCUT2D eigenvalue weighted by Crippen LogP contribution is -2.38. The molecule has 10 heteroatoms. The molecule has 1 aromatic carbocycles. The Morgan fingerprint density at radius 1 is 1.23 bits per heavy atom. The topological polar surface area (TPSA) is 106 Å². The van der Waals surface area contributed by atoms with Gasteiger partial charge in [-0.1, -0.05) is 22.9 Å². The van der Waals surface area contributed by atoms with Gasteiger partial charge in [0.15, 0.2) is 11.6 Å². The highest BCUT2D eigenvalue weighted by atomic mass is 35.5. The van der Waals surface area contributed by atoms with Crippen LogP contribution in [-0.4, -0.2) is 45.1 Å². The molecule has 0 radical (unpaired) electrons. The largest absolute Gasteiger partial charge is 0.489 e. The number of nitrogens with zero attached hydrogens (tertiary/aromatic N) is 3. The summed E-state index contributed by atoms with van der Waals surface area (Å²) in [6.07, 6.45) is 0.956. The third-order valence-electron chi connectivity index (χ3n) is 4.48. The lowest BCUT2D eigenvalue weighted by atomic mass is 10.2. The number of aliphatic hydroxyl groups is 1. The molecular weight excluding hydrogens is 441 g/mol. The molecule has 2 aromatic heterocycles. The minimum Gasteiger partial charge on any atom is -0.489 e. The van der Waals surface area contributed by atoms with Crippen molar-refractivity contribution in [3.05, 3.63) is 40.8 Å². The molecule has 0 saturated heterocycles. The van der Waals surface area contributed by atoms with Gasteiger partial charge in [-0.3, -0.25) is 0 Å². The van der Waals surface area contributed by atoms with E-state index < -0.39 is 18.0 Å². The zero-order chi connectivity index (χ0) is 22.7. The molecule has 0 saturated carbocycles. The van der Waals surface area contributed by atoms with Gasteiger partial charge in [-0.25, -0.2) is 9.37 Å². The Morgan fingerprint density at radius 3 is 2.58 bits per heavy atom. The number of aryl methyl sites for hydroxylation is 1. The maximum absolute atomic E-state index is 14.6. The molecule has 0 aliphatic carbocycles. The summed E-state index contributed by atoms with van der Waals surface area (Å²) < 4.78 is 19.9. The Balaban J connectivity index is 1.82. The van der Waals surface area contributed by atoms with Crippen LogP contribution in [0.1, 0.15) is 26.3 Å². The number of anilines is 1. The maximum atomic E-state index is 14.6. The number of benzene rings is 1. The summed E-state index contributed by atoms with van der Waals surface area (Å²) in [5.41, 5.74) is 7.94. The fourth-order valence-corrected chi connectivity index (χ4v) is 3.85. The molecule has 0 aliphatic rings. The standard InChI is InChI=1S/C21H25ClFN5O2S/c1-10(2)26-19-11(3)5-13(8-25-19)20-27-28-21(31-20)14-6-16(23)18(7-15(14)22)30-9-17(24)12(4)29/h5-8,10,12,17,29H,9,24H2,1-4H3,(H,25,26)/t12-,17+/m0/s1. The van der Waals surface area contributed by atoms with Crippen molar-refractivity contribution in [2.45, 2.75) is 45.9 Å². The van der Waals surface area contributed by atoms with E-state index in [0.29, 0.717) is 15.6 Å². The van der Waals surface area contributed by atoms with E-state index in [9.17, 15) is 9.50 Å². The van der Waals surface area contributed by atoms with Gasteiger partial charge in [0.05, 0.1) is 17.2 Å². The van der Waals surface area contributed by atoms with Crippen molar-refractivity contribution in [1.29, 1.82) is 0 Å². The Labute approximate surface area is 189 Å². The molecule has 7 nitrogen and oxygen atoms in total. The second-order valence-corrected chi connectivity index (χ2v) is 8.96. The van der Waals surface area contributed by atoms with Crippen LogP contribution >= 0.6 is 22.9 Å². The fourth-order valence-electron chi connectivity index (χ4n) is 2.69. The Hall–Kier alpha value is -2.33. The molecule has 0 aliphatic heterocycles. The average Bonchev–Trinajstić information content (AvgIpc) is 3.19. The summed E-state index contributed by atoms with van der Waals surface area (Å²) in [5.74, 6) is 0.178. The molecule has 0 spiro atoms. The molecule has 2 atom stereocenters. The molecule has 31 heavy (non-hydrogen) atoms. The Bertz CT molecular complexity index is 1060. The first-order valence-electron chi connectivity index (χ1n) is 9.78. The van der Waals surface area contributed by atoms with Gasteiger partial charge in [0.25, 0.3) is 0 Å². The van der Waals surface area contributed by atoms with Gasteiger partial charge < -0.3 is 20.9 Å². The number of hydrogen-bond donors (Lipinski definition) is 3. The molecule has 166 valence electrons. The molecule has 0 unspecified atom stereocenters. The summed E-state index contributed by atoms with van der Waals surface area (Å²) in [7, 11) is 0. The van der Waals surface area contributed by atoms with Gasteiger partial charge in [-0.15, -0.1) is 10.2 Å². The van der Waals surface area contributed by atoms with Crippen LogP contribution in [0.2, 0.25) is 5.02 Å². The van der Waals surface area contributed by atoms with Crippen LogP contribution in [0, 0.1) is 12.7 Å². The van der Waals surface area contributed by atoms with E-state index in [1.807, 2.05) is 26.8 Å². The highest BCUT2D eigenvalue weighted by Gasteiger charge is 2.18. The van der Waals surface area contributed by atoms with Gasteiger partial charge in [-0.2, -0.15) is 0 Å². The molecule has 4 N–H and O–H groups in total. The summed E-state index contributed by atoms with van der Waals surface area (Å²) in [6.45, 7) is 7.57. The van der Waals surface area contributed by atoms with Gasteiger partial charge in [0, 0.05) is 29.4 Å². The predicted molar refractivity (Wildman–Crippen MR) is 122 cm³/mol. The molecule has 0 bridgehead atoms. The van der Waals surface area contributed by atoms with Gasteiger partial charge >= 0.3 is 0 Å². The van der Waals surface area contributed by atoms with Gasteiger partial charge in [0.1, 0.15) is 22.4 Å². The zero-order valence-electron chi connectivity index (χ0n) is 17.7.